The van der Waals surface area contributed by atoms with E-state index in [2.05, 4.69) is 58.1 Å². The average molecular weight is 379 g/mol. The third-order valence-corrected chi connectivity index (χ3v) is 5.42. The number of nitrogens with two attached hydrogens (primary N) is 1. The maximum Gasteiger partial charge on any atom is 0.140 e. The van der Waals surface area contributed by atoms with E-state index < -0.39 is 0 Å². The maximum absolute atomic E-state index is 6.11. The van der Waals surface area contributed by atoms with Crippen molar-refractivity contribution in [3.05, 3.63) is 66.4 Å². The highest BCUT2D eigenvalue weighted by molar-refractivity contribution is 6.24. The van der Waals surface area contributed by atoms with Crippen LogP contribution in [0.15, 0.2) is 65.8 Å². The summed E-state index contributed by atoms with van der Waals surface area (Å²) < 4.78 is 0. The Morgan fingerprint density at radius 3 is 2.69 bits per heavy atom. The third kappa shape index (κ3) is 2.63. The fourth-order valence-corrected chi connectivity index (χ4v) is 4.06. The molecule has 5 rings (SSSR count). The third-order valence-electron chi connectivity index (χ3n) is 5.42. The molecule has 0 bridgehead atoms. The minimum atomic E-state index is 0.729. The van der Waals surface area contributed by atoms with E-state index in [1.807, 2.05) is 31.3 Å². The molecule has 2 aromatic heterocycles. The zero-order valence-electron chi connectivity index (χ0n) is 16.2. The molecule has 0 atom stereocenters. The number of nitrogens with one attached hydrogen (secondary N) is 2. The predicted molar refractivity (Wildman–Crippen MR) is 123 cm³/mol. The molecule has 142 valence electrons. The van der Waals surface area contributed by atoms with Crippen LogP contribution in [-0.4, -0.2) is 21.7 Å². The van der Waals surface area contributed by atoms with Gasteiger partial charge in [-0.15, -0.1) is 0 Å². The number of nitrogens with zero attached hydrogens (tertiary/aromatic N) is 2. The molecule has 0 unspecified atom stereocenters. The zero-order chi connectivity index (χ0) is 20.0. The van der Waals surface area contributed by atoms with Gasteiger partial charge >= 0.3 is 0 Å². The highest BCUT2D eigenvalue weighted by Crippen LogP contribution is 2.37. The molecule has 5 heteroatoms. The molecule has 5 aromatic rings. The van der Waals surface area contributed by atoms with Crippen molar-refractivity contribution in [2.24, 2.45) is 4.99 Å². The number of H-pyrrole nitrogens is 2. The molecule has 2 heterocycles. The number of benzene rings is 3. The first-order chi connectivity index (χ1) is 14.2. The Kier molecular flexibility index (Phi) is 3.95. The van der Waals surface area contributed by atoms with Gasteiger partial charge in [0.1, 0.15) is 11.6 Å². The molecule has 0 saturated carbocycles. The Hall–Kier alpha value is -3.86. The highest BCUT2D eigenvalue weighted by atomic mass is 15.0. The van der Waals surface area contributed by atoms with Crippen LogP contribution in [0.5, 0.6) is 0 Å². The van der Waals surface area contributed by atoms with E-state index in [-0.39, 0.29) is 0 Å². The van der Waals surface area contributed by atoms with Crippen molar-refractivity contribution in [1.82, 2.24) is 15.0 Å². The minimum Gasteiger partial charge on any atom is -0.399 e. The molecule has 5 nitrogen and oxygen atoms in total. The smallest absolute Gasteiger partial charge is 0.140 e. The van der Waals surface area contributed by atoms with Crippen LogP contribution in [0.2, 0.25) is 0 Å². The van der Waals surface area contributed by atoms with Gasteiger partial charge in [0, 0.05) is 33.8 Å². The Bertz CT molecular complexity index is 1420. The lowest BCUT2D eigenvalue weighted by Crippen LogP contribution is -1.86. The summed E-state index contributed by atoms with van der Waals surface area (Å²) in [6.07, 6.45) is 6.84. The van der Waals surface area contributed by atoms with Gasteiger partial charge < -0.3 is 15.7 Å². The molecular weight excluding hydrogens is 358 g/mol. The number of imidazole rings is 1. The lowest BCUT2D eigenvalue weighted by atomic mass is 9.99. The van der Waals surface area contributed by atoms with Gasteiger partial charge in [0.15, 0.2) is 0 Å². The van der Waals surface area contributed by atoms with Crippen LogP contribution in [0.1, 0.15) is 12.5 Å². The molecule has 0 aliphatic carbocycles. The molecular formula is C24H21N5. The average Bonchev–Trinajstić information content (AvgIpc) is 3.36. The molecule has 29 heavy (non-hydrogen) atoms. The van der Waals surface area contributed by atoms with E-state index in [0.717, 1.165) is 62.1 Å². The summed E-state index contributed by atoms with van der Waals surface area (Å²) in [5.41, 5.74) is 10.9. The first-order valence-corrected chi connectivity index (χ1v) is 9.59. The van der Waals surface area contributed by atoms with Crippen molar-refractivity contribution < 1.29 is 0 Å². The number of aromatic nitrogens is 3. The summed E-state index contributed by atoms with van der Waals surface area (Å²) in [5.74, 6) is 1.59. The molecule has 0 amide bonds. The molecule has 0 spiro atoms. The SMILES string of the molecule is C=Nc1[nH]cc(-c2nc3c4cc(N)ccc4c4ccccc4c3[nH]2)c1C/C=C\C. The summed E-state index contributed by atoms with van der Waals surface area (Å²) in [6.45, 7) is 5.70. The van der Waals surface area contributed by atoms with Gasteiger partial charge in [-0.25, -0.2) is 9.98 Å². The fraction of sp³-hybridized carbons (Fsp3) is 0.0833. The largest absolute Gasteiger partial charge is 0.399 e. The number of aromatic amines is 2. The number of anilines is 1. The topological polar surface area (TPSA) is 82.8 Å². The van der Waals surface area contributed by atoms with Crippen LogP contribution < -0.4 is 5.73 Å². The number of aliphatic imine (C=N–C) groups is 1. The van der Waals surface area contributed by atoms with Crippen LogP contribution in [0, 0.1) is 0 Å². The summed E-state index contributed by atoms with van der Waals surface area (Å²) >= 11 is 0. The van der Waals surface area contributed by atoms with Gasteiger partial charge in [0.05, 0.1) is 11.0 Å². The highest BCUT2D eigenvalue weighted by Gasteiger charge is 2.18. The Morgan fingerprint density at radius 1 is 1.10 bits per heavy atom. The molecule has 0 aliphatic rings. The second-order valence-corrected chi connectivity index (χ2v) is 7.12. The first kappa shape index (κ1) is 17.3. The van der Waals surface area contributed by atoms with Gasteiger partial charge in [0.2, 0.25) is 0 Å². The molecule has 0 aliphatic heterocycles. The number of fused-ring (bicyclic) bond motifs is 6. The van der Waals surface area contributed by atoms with Crippen LogP contribution in [0.3, 0.4) is 0 Å². The van der Waals surface area contributed by atoms with Crippen molar-refractivity contribution in [2.45, 2.75) is 13.3 Å². The van der Waals surface area contributed by atoms with Crippen molar-refractivity contribution in [2.75, 3.05) is 5.73 Å². The zero-order valence-corrected chi connectivity index (χ0v) is 16.2. The molecule has 4 N–H and O–H groups in total. The lowest BCUT2D eigenvalue weighted by molar-refractivity contribution is 1.23. The minimum absolute atomic E-state index is 0.729. The van der Waals surface area contributed by atoms with Gasteiger partial charge in [-0.2, -0.15) is 0 Å². The van der Waals surface area contributed by atoms with Gasteiger partial charge in [-0.05, 0) is 43.0 Å². The number of allylic oxidation sites excluding steroid dienone is 2. The molecule has 0 fully saturated rings. The summed E-state index contributed by atoms with van der Waals surface area (Å²) in [7, 11) is 0. The number of rotatable bonds is 4. The van der Waals surface area contributed by atoms with E-state index in [4.69, 9.17) is 10.7 Å². The fourth-order valence-electron chi connectivity index (χ4n) is 4.06. The van der Waals surface area contributed by atoms with Crippen LogP contribution >= 0.6 is 0 Å². The predicted octanol–water partition coefficient (Wildman–Crippen LogP) is 5.90. The van der Waals surface area contributed by atoms with E-state index in [0.29, 0.717) is 0 Å². The number of hydrogen-bond donors (Lipinski definition) is 3. The Morgan fingerprint density at radius 2 is 1.90 bits per heavy atom. The number of hydrogen-bond acceptors (Lipinski definition) is 3. The summed E-state index contributed by atoms with van der Waals surface area (Å²) in [4.78, 5) is 15.9. The van der Waals surface area contributed by atoms with E-state index in [9.17, 15) is 0 Å². The monoisotopic (exact) mass is 379 g/mol. The van der Waals surface area contributed by atoms with Crippen LogP contribution in [-0.2, 0) is 6.42 Å². The quantitative estimate of drug-likeness (QED) is 0.157. The maximum atomic E-state index is 6.11. The van der Waals surface area contributed by atoms with Crippen LogP contribution in [0.25, 0.3) is 44.0 Å². The van der Waals surface area contributed by atoms with Crippen molar-refractivity contribution >= 4 is 50.8 Å². The second-order valence-electron chi connectivity index (χ2n) is 7.12. The standard InChI is InChI=1S/C24H21N5/c1-3-4-7-18-20(13-27-23(18)26-2)24-28-21-17-9-6-5-8-15(17)16-11-10-14(25)12-19(16)22(21)29-24/h3-6,8-13,27H,2,7,25H2,1H3,(H,28,29)/b4-3-. The van der Waals surface area contributed by atoms with Crippen molar-refractivity contribution in [1.29, 1.82) is 0 Å². The summed E-state index contributed by atoms with van der Waals surface area (Å²) in [5, 5.41) is 4.53. The van der Waals surface area contributed by atoms with E-state index in [1.165, 1.54) is 5.39 Å². The van der Waals surface area contributed by atoms with Gasteiger partial charge in [-0.3, -0.25) is 0 Å². The van der Waals surface area contributed by atoms with E-state index in [1.54, 1.807) is 0 Å². The molecule has 0 saturated heterocycles. The van der Waals surface area contributed by atoms with Crippen LogP contribution in [0.4, 0.5) is 11.5 Å². The normalized spacial score (nSPS) is 11.9. The molecule has 0 radical (unpaired) electrons. The number of nitrogen functional groups attached to an aromatic ring is 1. The lowest BCUT2D eigenvalue weighted by Gasteiger charge is -2.06. The van der Waals surface area contributed by atoms with Crippen molar-refractivity contribution in [3.8, 4) is 11.4 Å². The van der Waals surface area contributed by atoms with Crippen molar-refractivity contribution in [3.63, 3.8) is 0 Å². The molecule has 3 aromatic carbocycles. The Labute approximate surface area is 168 Å². The first-order valence-electron chi connectivity index (χ1n) is 9.59. The summed E-state index contributed by atoms with van der Waals surface area (Å²) in [6, 6.07) is 14.4. The van der Waals surface area contributed by atoms with Gasteiger partial charge in [0.25, 0.3) is 0 Å². The second kappa shape index (κ2) is 6.63. The van der Waals surface area contributed by atoms with E-state index >= 15 is 0 Å². The Balaban J connectivity index is 1.86. The van der Waals surface area contributed by atoms with Gasteiger partial charge in [-0.1, -0.05) is 42.5 Å².